The third kappa shape index (κ3) is 3.92. The highest BCUT2D eigenvalue weighted by molar-refractivity contribution is 7.89. The van der Waals surface area contributed by atoms with E-state index in [9.17, 15) is 8.42 Å². The maximum absolute atomic E-state index is 12.4. The molecule has 0 aromatic heterocycles. The normalized spacial score (nSPS) is 29.9. The van der Waals surface area contributed by atoms with E-state index in [1.54, 1.807) is 14.2 Å². The fourth-order valence-corrected chi connectivity index (χ4v) is 4.64. The first-order valence-electron chi connectivity index (χ1n) is 7.31. The van der Waals surface area contributed by atoms with Crippen LogP contribution in [0.15, 0.2) is 0 Å². The summed E-state index contributed by atoms with van der Waals surface area (Å²) in [5.41, 5.74) is 0. The van der Waals surface area contributed by atoms with Gasteiger partial charge in [0.1, 0.15) is 0 Å². The summed E-state index contributed by atoms with van der Waals surface area (Å²) in [5, 5.41) is 3.30. The van der Waals surface area contributed by atoms with Gasteiger partial charge in [-0.25, -0.2) is 8.42 Å². The first kappa shape index (κ1) is 16.2. The number of nitrogens with one attached hydrogen (secondary N) is 1. The van der Waals surface area contributed by atoms with E-state index in [0.29, 0.717) is 19.0 Å². The second kappa shape index (κ2) is 7.17. The highest BCUT2D eigenvalue weighted by Gasteiger charge is 2.39. The molecule has 20 heavy (non-hydrogen) atoms. The molecule has 2 fully saturated rings. The van der Waals surface area contributed by atoms with Crippen molar-refractivity contribution in [2.24, 2.45) is 5.92 Å². The van der Waals surface area contributed by atoms with Gasteiger partial charge in [0.05, 0.1) is 18.0 Å². The topological polar surface area (TPSA) is 67.9 Å². The molecule has 0 spiro atoms. The predicted octanol–water partition coefficient (Wildman–Crippen LogP) is 0.0515. The lowest BCUT2D eigenvalue weighted by Gasteiger charge is -2.23. The maximum Gasteiger partial charge on any atom is 0.214 e. The molecule has 0 bridgehead atoms. The van der Waals surface area contributed by atoms with E-state index in [0.717, 1.165) is 32.4 Å². The SMILES string of the molecule is COC1CN(S(=O)(=O)CCC2CCNCC2)CC1OC. The van der Waals surface area contributed by atoms with Gasteiger partial charge in [0, 0.05) is 27.3 Å². The molecule has 2 rings (SSSR count). The van der Waals surface area contributed by atoms with Gasteiger partial charge in [0.2, 0.25) is 10.0 Å². The molecule has 0 radical (unpaired) electrons. The molecule has 0 aromatic rings. The first-order valence-corrected chi connectivity index (χ1v) is 8.92. The molecule has 2 saturated heterocycles. The van der Waals surface area contributed by atoms with Crippen LogP contribution in [-0.4, -0.2) is 71.1 Å². The Bertz CT molecular complexity index is 383. The Labute approximate surface area is 121 Å². The monoisotopic (exact) mass is 306 g/mol. The van der Waals surface area contributed by atoms with Gasteiger partial charge in [0.25, 0.3) is 0 Å². The highest BCUT2D eigenvalue weighted by atomic mass is 32.2. The summed E-state index contributed by atoms with van der Waals surface area (Å²) in [5.74, 6) is 0.773. The third-order valence-electron chi connectivity index (χ3n) is 4.42. The number of sulfonamides is 1. The quantitative estimate of drug-likeness (QED) is 0.751. The number of ether oxygens (including phenoxy) is 2. The lowest BCUT2D eigenvalue weighted by Crippen LogP contribution is -2.34. The Morgan fingerprint density at radius 3 is 2.15 bits per heavy atom. The fraction of sp³-hybridized carbons (Fsp3) is 1.00. The van der Waals surface area contributed by atoms with Gasteiger partial charge in [-0.3, -0.25) is 0 Å². The van der Waals surface area contributed by atoms with Crippen molar-refractivity contribution in [2.45, 2.75) is 31.5 Å². The molecule has 2 aliphatic heterocycles. The Balaban J connectivity index is 1.86. The zero-order valence-corrected chi connectivity index (χ0v) is 13.2. The number of hydrogen-bond donors (Lipinski definition) is 1. The highest BCUT2D eigenvalue weighted by Crippen LogP contribution is 2.22. The fourth-order valence-electron chi connectivity index (χ4n) is 3.01. The maximum atomic E-state index is 12.4. The smallest absolute Gasteiger partial charge is 0.214 e. The average molecular weight is 306 g/mol. The van der Waals surface area contributed by atoms with Crippen LogP contribution < -0.4 is 5.32 Å². The molecular weight excluding hydrogens is 280 g/mol. The van der Waals surface area contributed by atoms with Crippen LogP contribution in [0.4, 0.5) is 0 Å². The number of hydrogen-bond acceptors (Lipinski definition) is 5. The van der Waals surface area contributed by atoms with Gasteiger partial charge in [-0.1, -0.05) is 0 Å². The first-order chi connectivity index (χ1) is 9.56. The van der Waals surface area contributed by atoms with Gasteiger partial charge in [-0.15, -0.1) is 0 Å². The number of nitrogens with zero attached hydrogens (tertiary/aromatic N) is 1. The molecule has 2 aliphatic rings. The summed E-state index contributed by atoms with van der Waals surface area (Å²) < 4.78 is 36.9. The van der Waals surface area contributed by atoms with Crippen LogP contribution in [0.1, 0.15) is 19.3 Å². The summed E-state index contributed by atoms with van der Waals surface area (Å²) in [4.78, 5) is 0. The van der Waals surface area contributed by atoms with Gasteiger partial charge in [0.15, 0.2) is 0 Å². The molecule has 2 unspecified atom stereocenters. The largest absolute Gasteiger partial charge is 0.377 e. The molecule has 2 atom stereocenters. The van der Waals surface area contributed by atoms with E-state index in [2.05, 4.69) is 5.32 Å². The third-order valence-corrected chi connectivity index (χ3v) is 6.26. The molecule has 0 aliphatic carbocycles. The minimum atomic E-state index is -3.19. The lowest BCUT2D eigenvalue weighted by atomic mass is 9.96. The number of methoxy groups -OCH3 is 2. The van der Waals surface area contributed by atoms with Crippen LogP contribution in [0.5, 0.6) is 0 Å². The van der Waals surface area contributed by atoms with Gasteiger partial charge in [-0.2, -0.15) is 4.31 Å². The number of rotatable bonds is 6. The van der Waals surface area contributed by atoms with Crippen molar-refractivity contribution in [3.8, 4) is 0 Å². The molecule has 118 valence electrons. The molecule has 2 heterocycles. The van der Waals surface area contributed by atoms with Crippen molar-refractivity contribution in [3.63, 3.8) is 0 Å². The van der Waals surface area contributed by atoms with Crippen LogP contribution in [0.3, 0.4) is 0 Å². The van der Waals surface area contributed by atoms with Crippen molar-refractivity contribution >= 4 is 10.0 Å². The van der Waals surface area contributed by atoms with E-state index in [4.69, 9.17) is 9.47 Å². The van der Waals surface area contributed by atoms with E-state index >= 15 is 0 Å². The van der Waals surface area contributed by atoms with Crippen molar-refractivity contribution in [2.75, 3.05) is 46.2 Å². The summed E-state index contributed by atoms with van der Waals surface area (Å²) in [6, 6.07) is 0. The summed E-state index contributed by atoms with van der Waals surface area (Å²) in [6.07, 6.45) is 2.60. The molecule has 6 nitrogen and oxygen atoms in total. The Kier molecular flexibility index (Phi) is 5.80. The van der Waals surface area contributed by atoms with Crippen LogP contribution in [0.2, 0.25) is 0 Å². The molecule has 7 heteroatoms. The minimum Gasteiger partial charge on any atom is -0.377 e. The molecular formula is C13H26N2O4S. The average Bonchev–Trinajstić information content (AvgIpc) is 2.90. The summed E-state index contributed by atoms with van der Waals surface area (Å²) in [6.45, 7) is 2.82. The van der Waals surface area contributed by atoms with Gasteiger partial charge < -0.3 is 14.8 Å². The van der Waals surface area contributed by atoms with Crippen LogP contribution in [0, 0.1) is 5.92 Å². The molecule has 0 saturated carbocycles. The Hall–Kier alpha value is -0.210. The van der Waals surface area contributed by atoms with Crippen LogP contribution >= 0.6 is 0 Å². The standard InChI is InChI=1S/C13H26N2O4S/c1-18-12-9-15(10-13(12)19-2)20(16,17)8-5-11-3-6-14-7-4-11/h11-14H,3-10H2,1-2H3. The molecule has 1 N–H and O–H groups in total. The second-order valence-electron chi connectivity index (χ2n) is 5.66. The minimum absolute atomic E-state index is 0.159. The van der Waals surface area contributed by atoms with Crippen molar-refractivity contribution in [1.29, 1.82) is 0 Å². The van der Waals surface area contributed by atoms with Crippen LogP contribution in [0.25, 0.3) is 0 Å². The zero-order valence-electron chi connectivity index (χ0n) is 12.4. The summed E-state index contributed by atoms with van der Waals surface area (Å²) >= 11 is 0. The summed E-state index contributed by atoms with van der Waals surface area (Å²) in [7, 11) is 0.00561. The Morgan fingerprint density at radius 1 is 1.10 bits per heavy atom. The second-order valence-corrected chi connectivity index (χ2v) is 7.75. The lowest BCUT2D eigenvalue weighted by molar-refractivity contribution is -0.00461. The molecule has 0 amide bonds. The van der Waals surface area contributed by atoms with E-state index in [1.165, 1.54) is 4.31 Å². The van der Waals surface area contributed by atoms with E-state index in [1.807, 2.05) is 0 Å². The number of piperidine rings is 1. The Morgan fingerprint density at radius 2 is 1.65 bits per heavy atom. The van der Waals surface area contributed by atoms with Crippen molar-refractivity contribution in [3.05, 3.63) is 0 Å². The predicted molar refractivity (Wildman–Crippen MR) is 77.2 cm³/mol. The van der Waals surface area contributed by atoms with Crippen LogP contribution in [-0.2, 0) is 19.5 Å². The van der Waals surface area contributed by atoms with Crippen molar-refractivity contribution in [1.82, 2.24) is 9.62 Å². The van der Waals surface area contributed by atoms with Gasteiger partial charge in [-0.05, 0) is 38.3 Å². The van der Waals surface area contributed by atoms with E-state index in [-0.39, 0.29) is 18.0 Å². The zero-order chi connectivity index (χ0) is 14.6. The van der Waals surface area contributed by atoms with E-state index < -0.39 is 10.0 Å². The van der Waals surface area contributed by atoms with Gasteiger partial charge >= 0.3 is 0 Å². The molecule has 0 aromatic carbocycles. The van der Waals surface area contributed by atoms with Crippen molar-refractivity contribution < 1.29 is 17.9 Å².